The van der Waals surface area contributed by atoms with E-state index in [1.165, 1.54) is 6.42 Å². The molecule has 5 unspecified atom stereocenters. The molecule has 4 fully saturated rings. The van der Waals surface area contributed by atoms with Crippen molar-refractivity contribution in [2.75, 3.05) is 25.5 Å². The van der Waals surface area contributed by atoms with Crippen LogP contribution in [0.1, 0.15) is 72.6 Å². The Balaban J connectivity index is 1.50. The first-order chi connectivity index (χ1) is 17.6. The highest BCUT2D eigenvalue weighted by molar-refractivity contribution is 7.99. The van der Waals surface area contributed by atoms with E-state index in [9.17, 15) is 20.1 Å². The summed E-state index contributed by atoms with van der Waals surface area (Å²) in [6.07, 6.45) is 4.11. The van der Waals surface area contributed by atoms with Crippen LogP contribution in [0.15, 0.2) is 0 Å². The van der Waals surface area contributed by atoms with Gasteiger partial charge >= 0.3 is 0 Å². The first-order valence-electron chi connectivity index (χ1n) is 14.5. The van der Waals surface area contributed by atoms with Gasteiger partial charge in [0.1, 0.15) is 17.6 Å². The summed E-state index contributed by atoms with van der Waals surface area (Å²) in [6, 6.07) is -0.799. The Hall–Kier alpha value is -0.420. The van der Waals surface area contributed by atoms with Crippen molar-refractivity contribution >= 4 is 17.7 Å². The fourth-order valence-electron chi connectivity index (χ4n) is 7.08. The number of fused-ring (bicyclic) bond motifs is 3. The van der Waals surface area contributed by atoms with Gasteiger partial charge in [-0.1, -0.05) is 34.1 Å². The summed E-state index contributed by atoms with van der Waals surface area (Å²) in [4.78, 5) is 13.8. The van der Waals surface area contributed by atoms with Gasteiger partial charge in [0.2, 0.25) is 5.91 Å². The Morgan fingerprint density at radius 2 is 2.00 bits per heavy atom. The second kappa shape index (κ2) is 12.8. The number of hydrogen-bond acceptors (Lipinski definition) is 8. The molecule has 0 saturated carbocycles. The van der Waals surface area contributed by atoms with E-state index in [0.717, 1.165) is 44.4 Å². The van der Waals surface area contributed by atoms with Gasteiger partial charge in [-0.25, -0.2) is 0 Å². The molecule has 2 bridgehead atoms. The summed E-state index contributed by atoms with van der Waals surface area (Å²) in [5.74, 6) is 2.10. The van der Waals surface area contributed by atoms with Crippen LogP contribution >= 0.6 is 11.8 Å². The van der Waals surface area contributed by atoms with Gasteiger partial charge in [-0.15, -0.1) is 11.8 Å². The van der Waals surface area contributed by atoms with E-state index in [0.29, 0.717) is 30.8 Å². The van der Waals surface area contributed by atoms with Crippen LogP contribution < -0.4 is 10.6 Å². The van der Waals surface area contributed by atoms with Crippen molar-refractivity contribution in [2.24, 2.45) is 29.1 Å². The third-order valence-electron chi connectivity index (χ3n) is 9.13. The van der Waals surface area contributed by atoms with E-state index >= 15 is 0 Å². The number of aliphatic hydroxyl groups excluding tert-OH is 3. The number of thioether (sulfide) groups is 1. The van der Waals surface area contributed by atoms with Gasteiger partial charge in [0.15, 0.2) is 0 Å². The number of hydrogen-bond donors (Lipinski definition) is 5. The highest BCUT2D eigenvalue weighted by atomic mass is 32.2. The number of ether oxygens (including phenoxy) is 2. The van der Waals surface area contributed by atoms with Crippen LogP contribution in [-0.4, -0.2) is 88.7 Å². The first-order valence-corrected chi connectivity index (χ1v) is 15.5. The van der Waals surface area contributed by atoms with Gasteiger partial charge in [-0.05, 0) is 67.4 Å². The van der Waals surface area contributed by atoms with Crippen molar-refractivity contribution in [3.63, 3.8) is 0 Å². The monoisotopic (exact) mass is 542 g/mol. The van der Waals surface area contributed by atoms with Crippen LogP contribution in [0, 0.1) is 29.1 Å². The lowest BCUT2D eigenvalue weighted by molar-refractivity contribution is -0.165. The van der Waals surface area contributed by atoms with Crippen molar-refractivity contribution in [1.29, 1.82) is 0 Å². The summed E-state index contributed by atoms with van der Waals surface area (Å²) >= 11 is 1.65. The predicted octanol–water partition coefficient (Wildman–Crippen LogP) is 2.29. The van der Waals surface area contributed by atoms with Crippen LogP contribution in [0.5, 0.6) is 0 Å². The van der Waals surface area contributed by atoms with Crippen molar-refractivity contribution < 1.29 is 29.6 Å². The van der Waals surface area contributed by atoms with E-state index in [-0.39, 0.29) is 41.4 Å². The summed E-state index contributed by atoms with van der Waals surface area (Å²) < 4.78 is 12.8. The lowest BCUT2D eigenvalue weighted by atomic mass is 9.74. The molecule has 4 aliphatic rings. The lowest BCUT2D eigenvalue weighted by Crippen LogP contribution is -2.63. The van der Waals surface area contributed by atoms with Gasteiger partial charge in [0.25, 0.3) is 0 Å². The Labute approximate surface area is 227 Å². The second-order valence-electron chi connectivity index (χ2n) is 13.0. The second-order valence-corrected chi connectivity index (χ2v) is 14.2. The van der Waals surface area contributed by atoms with Gasteiger partial charge in [0.05, 0.1) is 31.0 Å². The average molecular weight is 543 g/mol. The van der Waals surface area contributed by atoms with Gasteiger partial charge in [0, 0.05) is 19.1 Å². The zero-order valence-corrected chi connectivity index (χ0v) is 23.9. The van der Waals surface area contributed by atoms with Crippen molar-refractivity contribution in [3.8, 4) is 0 Å². The summed E-state index contributed by atoms with van der Waals surface area (Å²) in [5.41, 5.74) is -0.623. The molecule has 4 aliphatic heterocycles. The molecule has 0 aromatic rings. The highest BCUT2D eigenvalue weighted by Gasteiger charge is 2.50. The smallest absolute Gasteiger partial charge is 0.240 e. The van der Waals surface area contributed by atoms with Crippen LogP contribution in [0.4, 0.5) is 0 Å². The molecule has 4 saturated heterocycles. The summed E-state index contributed by atoms with van der Waals surface area (Å²) in [5, 5.41) is 38.0. The van der Waals surface area contributed by atoms with Crippen molar-refractivity contribution in [1.82, 2.24) is 10.6 Å². The van der Waals surface area contributed by atoms with E-state index in [2.05, 4.69) is 38.3 Å². The van der Waals surface area contributed by atoms with Crippen LogP contribution in [-0.2, 0) is 14.3 Å². The molecule has 0 aromatic heterocycles. The lowest BCUT2D eigenvalue weighted by Gasteiger charge is -2.48. The van der Waals surface area contributed by atoms with Crippen LogP contribution in [0.3, 0.4) is 0 Å². The maximum absolute atomic E-state index is 13.8. The third-order valence-corrected chi connectivity index (χ3v) is 10.4. The Morgan fingerprint density at radius 3 is 2.73 bits per heavy atom. The first kappa shape index (κ1) is 29.6. The Morgan fingerprint density at radius 1 is 1.22 bits per heavy atom. The molecule has 37 heavy (non-hydrogen) atoms. The Bertz CT molecular complexity index is 754. The molecule has 0 radical (unpaired) electrons. The van der Waals surface area contributed by atoms with Gasteiger partial charge < -0.3 is 35.4 Å². The normalized spacial score (nSPS) is 41.5. The quantitative estimate of drug-likeness (QED) is 0.347. The van der Waals surface area contributed by atoms with Crippen LogP contribution in [0.25, 0.3) is 0 Å². The molecule has 0 aromatic carbocycles. The molecule has 0 aliphatic carbocycles. The largest absolute Gasteiger partial charge is 0.394 e. The number of carbonyl (C=O) groups is 1. The van der Waals surface area contributed by atoms with E-state index in [1.807, 2.05) is 0 Å². The minimum Gasteiger partial charge on any atom is -0.394 e. The maximum Gasteiger partial charge on any atom is 0.240 e. The highest BCUT2D eigenvalue weighted by Crippen LogP contribution is 2.42. The molecule has 0 spiro atoms. The molecule has 8 nitrogen and oxygen atoms in total. The third kappa shape index (κ3) is 7.02. The minimum absolute atomic E-state index is 0.0811. The SMILES string of the molecule is CC(C)C[C@@H]1CCO[C@@H]2[C@H](CN[C@@H]2C(=O)N[C@H]2C3OC(SCCCCC2(C)C)C(C(O)CO)CC3O)C1. The topological polar surface area (TPSA) is 120 Å². The number of nitrogens with one attached hydrogen (secondary N) is 2. The van der Waals surface area contributed by atoms with Gasteiger partial charge in [-0.3, -0.25) is 4.79 Å². The molecule has 5 N–H and O–H groups in total. The predicted molar refractivity (Wildman–Crippen MR) is 145 cm³/mol. The van der Waals surface area contributed by atoms with E-state index < -0.39 is 24.4 Å². The van der Waals surface area contributed by atoms with E-state index in [4.69, 9.17) is 9.47 Å². The average Bonchev–Trinajstić information content (AvgIpc) is 3.13. The molecular weight excluding hydrogens is 492 g/mol. The number of aliphatic hydroxyl groups is 3. The van der Waals surface area contributed by atoms with Crippen molar-refractivity contribution in [2.45, 2.75) is 115 Å². The molecule has 4 heterocycles. The molecule has 10 atom stereocenters. The molecule has 214 valence electrons. The zero-order chi connectivity index (χ0) is 26.7. The zero-order valence-electron chi connectivity index (χ0n) is 23.1. The van der Waals surface area contributed by atoms with E-state index in [1.54, 1.807) is 11.8 Å². The van der Waals surface area contributed by atoms with Gasteiger partial charge in [-0.2, -0.15) is 0 Å². The number of carbonyl (C=O) groups excluding carboxylic acids is 1. The molecule has 9 heteroatoms. The number of rotatable bonds is 6. The molecule has 4 rings (SSSR count). The standard InChI is InChI=1S/C28H50N2O6S/c1-16(2)11-17-7-9-35-23-18(12-17)14-29-22(23)26(34)30-25-24-20(32)13-19(21(33)15-31)27(36-24)37-10-6-5-8-28(25,3)4/h16-25,27,29,31-33H,5-15H2,1-4H3,(H,30,34)/t17-,18-,19?,20?,21?,22-,23+,24?,25-,27?/m0/s1. The maximum atomic E-state index is 13.8. The fourth-order valence-corrected chi connectivity index (χ4v) is 8.43. The minimum atomic E-state index is -0.941. The number of amides is 1. The van der Waals surface area contributed by atoms with Crippen LogP contribution in [0.2, 0.25) is 0 Å². The molecular formula is C28H50N2O6S. The van der Waals surface area contributed by atoms with Crippen molar-refractivity contribution in [3.05, 3.63) is 0 Å². The Kier molecular flexibility index (Phi) is 10.3. The summed E-state index contributed by atoms with van der Waals surface area (Å²) in [7, 11) is 0. The fraction of sp³-hybridized carbons (Fsp3) is 0.964. The summed E-state index contributed by atoms with van der Waals surface area (Å²) in [6.45, 7) is 9.95. The molecule has 1 amide bonds.